The van der Waals surface area contributed by atoms with Crippen molar-refractivity contribution in [2.75, 3.05) is 18.9 Å². The second-order valence-corrected chi connectivity index (χ2v) is 11.6. The van der Waals surface area contributed by atoms with Crippen LogP contribution < -0.4 is 11.3 Å². The topological polar surface area (TPSA) is 299 Å². The molecule has 2 aliphatic rings. The molecule has 6 heterocycles. The number of ether oxygens (including phenoxy) is 2. The Bertz CT molecular complexity index is 1730. The van der Waals surface area contributed by atoms with Gasteiger partial charge < -0.3 is 55.1 Å². The Morgan fingerprint density at radius 2 is 1.55 bits per heavy atom. The zero-order chi connectivity index (χ0) is 29.9. The van der Waals surface area contributed by atoms with E-state index < -0.39 is 81.6 Å². The summed E-state index contributed by atoms with van der Waals surface area (Å²) in [6.45, 7) is -1.20. The summed E-state index contributed by atoms with van der Waals surface area (Å²) in [6, 6.07) is 0. The van der Waals surface area contributed by atoms with Crippen LogP contribution in [0.5, 0.6) is 0 Å². The maximum Gasteiger partial charge on any atom is 0.335 e. The van der Waals surface area contributed by atoms with Crippen LogP contribution in [0.1, 0.15) is 18.3 Å². The number of nitrogens with one attached hydrogen (secondary N) is 1. The lowest BCUT2D eigenvalue weighted by Crippen LogP contribution is -2.33. The molecule has 21 heteroatoms. The first-order valence-electron chi connectivity index (χ1n) is 12.5. The van der Waals surface area contributed by atoms with Crippen molar-refractivity contribution in [1.82, 2.24) is 39.0 Å². The largest absolute Gasteiger partial charge is 0.394 e. The van der Waals surface area contributed by atoms with Crippen LogP contribution in [-0.4, -0.2) is 119 Å². The van der Waals surface area contributed by atoms with E-state index in [2.05, 4.69) is 29.9 Å². The molecule has 0 saturated carbocycles. The number of hydrogen-bond donors (Lipinski definition) is 8. The second-order valence-electron chi connectivity index (χ2n) is 9.79. The summed E-state index contributed by atoms with van der Waals surface area (Å²) in [5.41, 5.74) is 5.20. The van der Waals surface area contributed by atoms with Crippen LogP contribution in [0.3, 0.4) is 0 Å². The maximum atomic E-state index is 12.9. The molecule has 2 saturated heterocycles. The molecule has 4 aromatic heterocycles. The normalized spacial score (nSPS) is 31.3. The van der Waals surface area contributed by atoms with Gasteiger partial charge in [-0.2, -0.15) is 0 Å². The monoisotopic (exact) mass is 611 g/mol. The van der Waals surface area contributed by atoms with Crippen molar-refractivity contribution >= 4 is 35.7 Å². The first kappa shape index (κ1) is 28.7. The van der Waals surface area contributed by atoms with Gasteiger partial charge in [0.1, 0.15) is 60.5 Å². The van der Waals surface area contributed by atoms with Crippen LogP contribution in [0.15, 0.2) is 23.8 Å². The van der Waals surface area contributed by atoms with Crippen molar-refractivity contribution in [1.29, 1.82) is 0 Å². The predicted molar refractivity (Wildman–Crippen MR) is 136 cm³/mol. The number of hydrogen-bond acceptors (Lipinski definition) is 16. The minimum absolute atomic E-state index is 0.0969. The summed E-state index contributed by atoms with van der Waals surface area (Å²) in [5.74, 6) is -0.181. The maximum absolute atomic E-state index is 12.9. The molecule has 2 fully saturated rings. The zero-order valence-corrected chi connectivity index (χ0v) is 22.2. The van der Waals surface area contributed by atoms with Crippen LogP contribution in [0.25, 0.3) is 22.3 Å². The highest BCUT2D eigenvalue weighted by atomic mass is 31.2. The van der Waals surface area contributed by atoms with Gasteiger partial charge in [0.2, 0.25) is 0 Å². The Kier molecular flexibility index (Phi) is 7.30. The highest BCUT2D eigenvalue weighted by Gasteiger charge is 2.46. The number of nitrogen functional groups attached to an aromatic ring is 1. The number of aliphatic hydroxyl groups excluding tert-OH is 5. The molecule has 9 N–H and O–H groups in total. The van der Waals surface area contributed by atoms with Gasteiger partial charge in [0.15, 0.2) is 35.1 Å². The van der Waals surface area contributed by atoms with E-state index in [0.29, 0.717) is 0 Å². The van der Waals surface area contributed by atoms with E-state index in [4.69, 9.17) is 19.7 Å². The highest BCUT2D eigenvalue weighted by Crippen LogP contribution is 2.46. The Morgan fingerprint density at radius 1 is 0.929 bits per heavy atom. The number of H-pyrrole nitrogens is 1. The molecular weight excluding hydrogens is 585 g/mol. The number of aromatic nitrogens is 8. The molecule has 9 atom stereocenters. The first-order chi connectivity index (χ1) is 20.0. The summed E-state index contributed by atoms with van der Waals surface area (Å²) in [4.78, 5) is 45.6. The molecule has 0 bridgehead atoms. The van der Waals surface area contributed by atoms with E-state index in [9.17, 15) is 39.8 Å². The van der Waals surface area contributed by atoms with Crippen molar-refractivity contribution in [3.63, 3.8) is 0 Å². The van der Waals surface area contributed by atoms with Gasteiger partial charge in [-0.05, 0) is 0 Å². The van der Waals surface area contributed by atoms with Gasteiger partial charge in [-0.3, -0.25) is 18.5 Å². The molecule has 20 nitrogen and oxygen atoms in total. The molecule has 6 rings (SSSR count). The number of aromatic amines is 1. The standard InChI is InChI=1S/C21H26N9O11P/c22-16-10-17(24-4-23-16)29(5-25-10)20-15(35)13(33)8(41-20)2-39-42(37,38)3-9-27-18-11(19(36)28-9)26-6-30(18)21-14(34)12(32)7(1-31)40-21/h4-8,12-15,20-21,31-35H,1-3H2,(H,37,38)(H2,22,23,24)(H,27,28,36)/t7-,8-,12-,13-,14-,15-,20-,21-/m1/s1. The molecule has 0 radical (unpaired) electrons. The third kappa shape index (κ3) is 4.86. The zero-order valence-electron chi connectivity index (χ0n) is 21.4. The van der Waals surface area contributed by atoms with E-state index >= 15 is 0 Å². The molecule has 2 aliphatic heterocycles. The highest BCUT2D eigenvalue weighted by molar-refractivity contribution is 7.51. The molecule has 4 aromatic rings. The van der Waals surface area contributed by atoms with Gasteiger partial charge in [0, 0.05) is 0 Å². The van der Waals surface area contributed by atoms with Gasteiger partial charge in [0.25, 0.3) is 5.56 Å². The second kappa shape index (κ2) is 10.7. The van der Waals surface area contributed by atoms with E-state index in [-0.39, 0.29) is 34.0 Å². The third-order valence-corrected chi connectivity index (χ3v) is 8.31. The summed E-state index contributed by atoms with van der Waals surface area (Å²) < 4.78 is 31.8. The van der Waals surface area contributed by atoms with Crippen molar-refractivity contribution in [2.45, 2.75) is 55.2 Å². The summed E-state index contributed by atoms with van der Waals surface area (Å²) >= 11 is 0. The van der Waals surface area contributed by atoms with Gasteiger partial charge in [-0.25, -0.2) is 24.9 Å². The van der Waals surface area contributed by atoms with Crippen LogP contribution in [0.4, 0.5) is 5.82 Å². The van der Waals surface area contributed by atoms with Crippen molar-refractivity contribution in [2.24, 2.45) is 0 Å². The van der Waals surface area contributed by atoms with Crippen LogP contribution in [0.2, 0.25) is 0 Å². The molecule has 226 valence electrons. The van der Waals surface area contributed by atoms with Gasteiger partial charge in [0.05, 0.1) is 25.9 Å². The van der Waals surface area contributed by atoms with Crippen molar-refractivity contribution in [3.05, 3.63) is 35.2 Å². The van der Waals surface area contributed by atoms with Crippen LogP contribution in [-0.2, 0) is 24.7 Å². The van der Waals surface area contributed by atoms with E-state index in [1.165, 1.54) is 17.2 Å². The average Bonchev–Trinajstić information content (AvgIpc) is 3.70. The quantitative estimate of drug-likeness (QED) is 0.0895. The first-order valence-corrected chi connectivity index (χ1v) is 14.2. The molecular formula is C21H26N9O11P. The van der Waals surface area contributed by atoms with E-state index in [1.807, 2.05) is 0 Å². The molecule has 0 aromatic carbocycles. The van der Waals surface area contributed by atoms with Gasteiger partial charge in [-0.1, -0.05) is 0 Å². The fraction of sp³-hybridized carbons (Fsp3) is 0.524. The van der Waals surface area contributed by atoms with Crippen molar-refractivity contribution in [3.8, 4) is 0 Å². The van der Waals surface area contributed by atoms with E-state index in [1.54, 1.807) is 0 Å². The summed E-state index contributed by atoms with van der Waals surface area (Å²) in [5, 5.41) is 50.9. The van der Waals surface area contributed by atoms with E-state index in [0.717, 1.165) is 10.9 Å². The number of nitrogens with zero attached hydrogens (tertiary/aromatic N) is 7. The predicted octanol–water partition coefficient (Wildman–Crippen LogP) is -3.53. The van der Waals surface area contributed by atoms with Gasteiger partial charge in [-0.15, -0.1) is 0 Å². The lowest BCUT2D eigenvalue weighted by atomic mass is 10.1. The Hall–Kier alpha value is -3.43. The van der Waals surface area contributed by atoms with Crippen molar-refractivity contribution < 1.29 is 49.0 Å². The van der Waals surface area contributed by atoms with Crippen LogP contribution >= 0.6 is 7.60 Å². The Balaban J connectivity index is 1.17. The lowest BCUT2D eigenvalue weighted by molar-refractivity contribution is -0.0511. The Labute approximate surface area is 233 Å². The molecule has 0 aliphatic carbocycles. The average molecular weight is 611 g/mol. The summed E-state index contributed by atoms with van der Waals surface area (Å²) in [6.07, 6.45) is -7.85. The minimum atomic E-state index is -4.54. The number of nitrogens with two attached hydrogens (primary N) is 1. The molecule has 0 spiro atoms. The number of rotatable bonds is 8. The third-order valence-electron chi connectivity index (χ3n) is 7.06. The number of imidazole rings is 2. The fourth-order valence-corrected chi connectivity index (χ4v) is 5.92. The number of anilines is 1. The van der Waals surface area contributed by atoms with Crippen LogP contribution in [0, 0.1) is 0 Å². The molecule has 42 heavy (non-hydrogen) atoms. The number of aliphatic hydroxyl groups is 5. The smallest absolute Gasteiger partial charge is 0.335 e. The lowest BCUT2D eigenvalue weighted by Gasteiger charge is -2.18. The fourth-order valence-electron chi connectivity index (χ4n) is 4.92. The van der Waals surface area contributed by atoms with Gasteiger partial charge >= 0.3 is 7.60 Å². The molecule has 1 unspecified atom stereocenters. The summed E-state index contributed by atoms with van der Waals surface area (Å²) in [7, 11) is -4.54. The SMILES string of the molecule is Nc1ncnc2c1ncn2[C@@H]1O[C@H](COP(=O)(O)Cc2nc3c(ncn3[C@@H]3O[C@H](CO)[C@@H](O)[C@H]3O)c(=O)[nH]2)[C@@H](O)[C@H]1O. The number of fused-ring (bicyclic) bond motifs is 2. The minimum Gasteiger partial charge on any atom is -0.394 e. The molecule has 0 amide bonds. The Morgan fingerprint density at radius 3 is 2.21 bits per heavy atom.